The second-order valence-electron chi connectivity index (χ2n) is 4.92. The zero-order valence-corrected chi connectivity index (χ0v) is 11.8. The molecule has 108 valence electrons. The van der Waals surface area contributed by atoms with Gasteiger partial charge in [0.25, 0.3) is 5.91 Å². The second-order valence-corrected chi connectivity index (χ2v) is 6.85. The van der Waals surface area contributed by atoms with Crippen LogP contribution >= 0.6 is 0 Å². The van der Waals surface area contributed by atoms with Gasteiger partial charge in [-0.25, -0.2) is 8.42 Å². The minimum Gasteiger partial charge on any atom is -0.506 e. The molecule has 0 spiro atoms. The van der Waals surface area contributed by atoms with Gasteiger partial charge in [0.1, 0.15) is 5.75 Å². The molecule has 0 fully saturated rings. The number of sulfone groups is 1. The largest absolute Gasteiger partial charge is 0.506 e. The average molecular weight is 303 g/mol. The first-order chi connectivity index (χ1) is 9.96. The molecule has 0 aliphatic carbocycles. The van der Waals surface area contributed by atoms with Crippen LogP contribution < -0.4 is 5.32 Å². The van der Waals surface area contributed by atoms with Crippen LogP contribution in [0.3, 0.4) is 0 Å². The zero-order valence-electron chi connectivity index (χ0n) is 11.0. The van der Waals surface area contributed by atoms with E-state index in [0.717, 1.165) is 10.8 Å². The van der Waals surface area contributed by atoms with Crippen LogP contribution in [-0.2, 0) is 9.84 Å². The molecule has 1 atom stereocenters. The average Bonchev–Trinajstić information content (AvgIpc) is 2.78. The number of hydrogen-bond donors (Lipinski definition) is 2. The maximum Gasteiger partial charge on any atom is 0.255 e. The Labute approximate surface area is 121 Å². The number of rotatable bonds is 2. The van der Waals surface area contributed by atoms with Crippen molar-refractivity contribution in [3.63, 3.8) is 0 Å². The Kier molecular flexibility index (Phi) is 3.17. The highest BCUT2D eigenvalue weighted by molar-refractivity contribution is 7.94. The molecule has 21 heavy (non-hydrogen) atoms. The first-order valence-electron chi connectivity index (χ1n) is 6.39. The fourth-order valence-electron chi connectivity index (χ4n) is 2.35. The Morgan fingerprint density at radius 3 is 2.67 bits per heavy atom. The number of benzene rings is 2. The molecule has 1 amide bonds. The van der Waals surface area contributed by atoms with Gasteiger partial charge in [0.15, 0.2) is 9.84 Å². The highest BCUT2D eigenvalue weighted by Gasteiger charge is 2.24. The predicted molar refractivity (Wildman–Crippen MR) is 79.8 cm³/mol. The summed E-state index contributed by atoms with van der Waals surface area (Å²) in [6.07, 6.45) is 1.44. The summed E-state index contributed by atoms with van der Waals surface area (Å²) in [7, 11) is -3.23. The van der Waals surface area contributed by atoms with E-state index in [9.17, 15) is 18.3 Å². The molecular formula is C15H13NO4S. The summed E-state index contributed by atoms with van der Waals surface area (Å²) in [5.74, 6) is -0.743. The third-order valence-electron chi connectivity index (χ3n) is 3.39. The number of carbonyl (C=O) groups excluding carboxylic acids is 1. The van der Waals surface area contributed by atoms with Crippen LogP contribution in [0.4, 0.5) is 0 Å². The minimum absolute atomic E-state index is 0.101. The minimum atomic E-state index is -3.23. The topological polar surface area (TPSA) is 83.5 Å². The van der Waals surface area contributed by atoms with E-state index >= 15 is 0 Å². The summed E-state index contributed by atoms with van der Waals surface area (Å²) in [5, 5.41) is 15.3. The molecule has 1 aliphatic heterocycles. The maximum atomic E-state index is 12.2. The molecule has 0 aromatic heterocycles. The molecule has 0 radical (unpaired) electrons. The van der Waals surface area contributed by atoms with Crippen LogP contribution in [0.25, 0.3) is 10.8 Å². The number of fused-ring (bicyclic) bond motifs is 1. The van der Waals surface area contributed by atoms with Crippen molar-refractivity contribution in [1.29, 1.82) is 0 Å². The van der Waals surface area contributed by atoms with Gasteiger partial charge in [0, 0.05) is 10.8 Å². The first kappa shape index (κ1) is 13.6. The highest BCUT2D eigenvalue weighted by Crippen LogP contribution is 2.28. The molecule has 1 unspecified atom stereocenters. The van der Waals surface area contributed by atoms with Gasteiger partial charge < -0.3 is 10.4 Å². The molecule has 2 aromatic rings. The van der Waals surface area contributed by atoms with Gasteiger partial charge in [0.05, 0.1) is 17.4 Å². The second kappa shape index (κ2) is 4.89. The van der Waals surface area contributed by atoms with Gasteiger partial charge in [0.2, 0.25) is 0 Å². The zero-order chi connectivity index (χ0) is 15.0. The van der Waals surface area contributed by atoms with Crippen LogP contribution in [0.15, 0.2) is 47.9 Å². The Hall–Kier alpha value is -2.34. The molecule has 3 rings (SSSR count). The summed E-state index contributed by atoms with van der Waals surface area (Å²) in [4.78, 5) is 12.2. The van der Waals surface area contributed by atoms with Gasteiger partial charge in [-0.2, -0.15) is 0 Å². The van der Waals surface area contributed by atoms with Crippen molar-refractivity contribution in [3.8, 4) is 5.75 Å². The SMILES string of the molecule is O=C(NC1C=CS(=O)(=O)C1)c1ccc2ccccc2c1O. The standard InChI is InChI=1S/C15H13NO4S/c17-14-12-4-2-1-3-10(12)5-6-13(14)15(18)16-11-7-8-21(19,20)9-11/h1-8,11,17H,9H2,(H,16,18). The fourth-order valence-corrected chi connectivity index (χ4v) is 3.59. The van der Waals surface area contributed by atoms with Gasteiger partial charge in [-0.3, -0.25) is 4.79 Å². The number of hydrogen-bond acceptors (Lipinski definition) is 4. The molecule has 1 aliphatic rings. The lowest BCUT2D eigenvalue weighted by molar-refractivity contribution is 0.0945. The van der Waals surface area contributed by atoms with Crippen molar-refractivity contribution in [2.24, 2.45) is 0 Å². The summed E-state index contributed by atoms with van der Waals surface area (Å²) >= 11 is 0. The Morgan fingerprint density at radius 1 is 1.19 bits per heavy atom. The van der Waals surface area contributed by atoms with E-state index in [-0.39, 0.29) is 17.1 Å². The third kappa shape index (κ3) is 2.62. The lowest BCUT2D eigenvalue weighted by Crippen LogP contribution is -2.35. The van der Waals surface area contributed by atoms with E-state index in [2.05, 4.69) is 5.32 Å². The predicted octanol–water partition coefficient (Wildman–Crippen LogP) is 1.59. The molecule has 2 aromatic carbocycles. The molecule has 5 nitrogen and oxygen atoms in total. The number of aromatic hydroxyl groups is 1. The summed E-state index contributed by atoms with van der Waals surface area (Å²) in [5.41, 5.74) is 0.131. The van der Waals surface area contributed by atoms with Crippen molar-refractivity contribution in [2.75, 3.05) is 5.75 Å². The third-order valence-corrected chi connectivity index (χ3v) is 4.79. The number of nitrogens with one attached hydrogen (secondary N) is 1. The normalized spacial score (nSPS) is 19.7. The van der Waals surface area contributed by atoms with Gasteiger partial charge in [-0.15, -0.1) is 0 Å². The lowest BCUT2D eigenvalue weighted by Gasteiger charge is -2.12. The number of carbonyl (C=O) groups is 1. The quantitative estimate of drug-likeness (QED) is 0.882. The van der Waals surface area contributed by atoms with E-state index in [1.807, 2.05) is 12.1 Å². The summed E-state index contributed by atoms with van der Waals surface area (Å²) in [6, 6.07) is 9.88. The van der Waals surface area contributed by atoms with Crippen molar-refractivity contribution in [2.45, 2.75) is 6.04 Å². The van der Waals surface area contributed by atoms with E-state index in [0.29, 0.717) is 5.39 Å². The van der Waals surface area contributed by atoms with E-state index in [1.54, 1.807) is 18.2 Å². The Morgan fingerprint density at radius 2 is 1.95 bits per heavy atom. The van der Waals surface area contributed by atoms with E-state index < -0.39 is 21.8 Å². The number of amides is 1. The van der Waals surface area contributed by atoms with E-state index in [4.69, 9.17) is 0 Å². The number of phenols is 1. The lowest BCUT2D eigenvalue weighted by atomic mass is 10.0. The Balaban J connectivity index is 1.89. The summed E-state index contributed by atoms with van der Waals surface area (Å²) < 4.78 is 22.6. The molecule has 0 saturated carbocycles. The summed E-state index contributed by atoms with van der Waals surface area (Å²) in [6.45, 7) is 0. The van der Waals surface area contributed by atoms with Crippen LogP contribution in [0, 0.1) is 0 Å². The van der Waals surface area contributed by atoms with Gasteiger partial charge >= 0.3 is 0 Å². The molecule has 2 N–H and O–H groups in total. The number of phenolic OH excluding ortho intramolecular Hbond substituents is 1. The monoisotopic (exact) mass is 303 g/mol. The molecule has 0 saturated heterocycles. The molecule has 6 heteroatoms. The van der Waals surface area contributed by atoms with Gasteiger partial charge in [-0.1, -0.05) is 30.3 Å². The fraction of sp³-hybridized carbons (Fsp3) is 0.133. The van der Waals surface area contributed by atoms with Crippen molar-refractivity contribution >= 4 is 26.5 Å². The van der Waals surface area contributed by atoms with E-state index in [1.165, 1.54) is 12.1 Å². The molecule has 0 bridgehead atoms. The first-order valence-corrected chi connectivity index (χ1v) is 8.10. The van der Waals surface area contributed by atoms with Crippen LogP contribution in [-0.4, -0.2) is 31.2 Å². The smallest absolute Gasteiger partial charge is 0.255 e. The highest BCUT2D eigenvalue weighted by atomic mass is 32.2. The molecule has 1 heterocycles. The van der Waals surface area contributed by atoms with Crippen molar-refractivity contribution in [1.82, 2.24) is 5.32 Å². The van der Waals surface area contributed by atoms with Gasteiger partial charge in [-0.05, 0) is 17.5 Å². The maximum absolute atomic E-state index is 12.2. The van der Waals surface area contributed by atoms with Crippen LogP contribution in [0.1, 0.15) is 10.4 Å². The van der Waals surface area contributed by atoms with Crippen LogP contribution in [0.5, 0.6) is 5.75 Å². The van der Waals surface area contributed by atoms with Crippen molar-refractivity contribution < 1.29 is 18.3 Å². The van der Waals surface area contributed by atoms with Crippen LogP contribution in [0.2, 0.25) is 0 Å². The Bertz CT molecular complexity index is 855. The van der Waals surface area contributed by atoms with Crippen molar-refractivity contribution in [3.05, 3.63) is 53.4 Å². The molecular weight excluding hydrogens is 290 g/mol.